The lowest BCUT2D eigenvalue weighted by Gasteiger charge is -2.06. The lowest BCUT2D eigenvalue weighted by molar-refractivity contribution is 0.624. The maximum atomic E-state index is 14.3. The van der Waals surface area contributed by atoms with E-state index in [1.54, 1.807) is 18.5 Å². The molecule has 0 unspecified atom stereocenters. The van der Waals surface area contributed by atoms with Crippen molar-refractivity contribution in [3.63, 3.8) is 0 Å². The first kappa shape index (κ1) is 23.1. The standard InChI is InChI=1S/C27H25FN8/c1-4-16(11-19(29)5-2)22-12-20-23(14-32-22)35-36-25(20)27-33-21-6-7-31-24(26(21)34-27)17-8-15(13-30-3)9-18(28)10-17/h4-12,14,30H,2,13,29H2,1,3H3,(H,33,34)(H,35,36)/b16-4+,19-11+. The summed E-state index contributed by atoms with van der Waals surface area (Å²) in [5.74, 6) is 0.245. The van der Waals surface area contributed by atoms with E-state index in [2.05, 4.69) is 37.0 Å². The van der Waals surface area contributed by atoms with E-state index in [0.29, 0.717) is 40.5 Å². The molecule has 0 saturated heterocycles. The maximum absolute atomic E-state index is 14.3. The molecule has 0 aliphatic rings. The van der Waals surface area contributed by atoms with Crippen molar-refractivity contribution in [2.75, 3.05) is 7.05 Å². The van der Waals surface area contributed by atoms with Crippen LogP contribution in [0.1, 0.15) is 18.2 Å². The van der Waals surface area contributed by atoms with Gasteiger partial charge < -0.3 is 16.0 Å². The van der Waals surface area contributed by atoms with Crippen LogP contribution in [0.15, 0.2) is 73.2 Å². The summed E-state index contributed by atoms with van der Waals surface area (Å²) in [5.41, 5.74) is 13.0. The molecule has 1 aromatic carbocycles. The smallest absolute Gasteiger partial charge is 0.159 e. The third-order valence-corrected chi connectivity index (χ3v) is 5.85. The second-order valence-electron chi connectivity index (χ2n) is 8.30. The summed E-state index contributed by atoms with van der Waals surface area (Å²) in [7, 11) is 1.82. The van der Waals surface area contributed by atoms with Crippen LogP contribution >= 0.6 is 0 Å². The van der Waals surface area contributed by atoms with Crippen LogP contribution in [0.3, 0.4) is 0 Å². The van der Waals surface area contributed by atoms with Gasteiger partial charge in [-0.05, 0) is 67.6 Å². The minimum atomic E-state index is -0.323. The molecular weight excluding hydrogens is 455 g/mol. The Labute approximate surface area is 206 Å². The Kier molecular flexibility index (Phi) is 6.14. The number of imidazole rings is 1. The van der Waals surface area contributed by atoms with Crippen LogP contribution in [-0.4, -0.2) is 37.2 Å². The molecule has 0 fully saturated rings. The van der Waals surface area contributed by atoms with Crippen molar-refractivity contribution in [3.8, 4) is 22.8 Å². The van der Waals surface area contributed by atoms with Crippen molar-refractivity contribution < 1.29 is 4.39 Å². The van der Waals surface area contributed by atoms with E-state index in [0.717, 1.165) is 33.3 Å². The Balaban J connectivity index is 1.63. The molecule has 5 aromatic rings. The van der Waals surface area contributed by atoms with Gasteiger partial charge in [0.25, 0.3) is 0 Å². The van der Waals surface area contributed by atoms with E-state index in [4.69, 9.17) is 10.7 Å². The second kappa shape index (κ2) is 9.55. The van der Waals surface area contributed by atoms with Gasteiger partial charge in [0.15, 0.2) is 5.82 Å². The summed E-state index contributed by atoms with van der Waals surface area (Å²) in [6.45, 7) is 6.18. The first-order valence-corrected chi connectivity index (χ1v) is 11.4. The number of aromatic amines is 2. The molecular formula is C27H25FN8. The predicted molar refractivity (Wildman–Crippen MR) is 141 cm³/mol. The largest absolute Gasteiger partial charge is 0.399 e. The predicted octanol–water partition coefficient (Wildman–Crippen LogP) is 4.85. The number of hydrogen-bond donors (Lipinski definition) is 4. The van der Waals surface area contributed by atoms with Crippen molar-refractivity contribution in [3.05, 3.63) is 90.3 Å². The van der Waals surface area contributed by atoms with E-state index in [-0.39, 0.29) is 5.82 Å². The van der Waals surface area contributed by atoms with Gasteiger partial charge in [0.1, 0.15) is 17.0 Å². The number of nitrogens with zero attached hydrogens (tertiary/aromatic N) is 4. The van der Waals surface area contributed by atoms with Crippen LogP contribution in [0.2, 0.25) is 0 Å². The number of rotatable bonds is 7. The number of fused-ring (bicyclic) bond motifs is 2. The number of hydrogen-bond acceptors (Lipinski definition) is 6. The average Bonchev–Trinajstić information content (AvgIpc) is 3.50. The van der Waals surface area contributed by atoms with Crippen LogP contribution in [0.25, 0.3) is 50.3 Å². The van der Waals surface area contributed by atoms with Gasteiger partial charge in [0.05, 0.1) is 28.6 Å². The van der Waals surface area contributed by atoms with Gasteiger partial charge in [-0.15, -0.1) is 0 Å². The number of nitrogens with one attached hydrogen (secondary N) is 3. The minimum absolute atomic E-state index is 0.323. The van der Waals surface area contributed by atoms with E-state index in [9.17, 15) is 4.39 Å². The first-order valence-electron chi connectivity index (χ1n) is 11.4. The lowest BCUT2D eigenvalue weighted by Crippen LogP contribution is -2.05. The topological polar surface area (TPSA) is 121 Å². The summed E-state index contributed by atoms with van der Waals surface area (Å²) in [5, 5.41) is 11.4. The fourth-order valence-corrected chi connectivity index (χ4v) is 4.15. The third kappa shape index (κ3) is 4.27. The molecule has 8 nitrogen and oxygen atoms in total. The van der Waals surface area contributed by atoms with Crippen LogP contribution in [-0.2, 0) is 6.54 Å². The van der Waals surface area contributed by atoms with E-state index in [1.165, 1.54) is 12.1 Å². The number of aromatic nitrogens is 6. The number of allylic oxidation sites excluding steroid dienone is 4. The molecule has 36 heavy (non-hydrogen) atoms. The summed E-state index contributed by atoms with van der Waals surface area (Å²) in [6.07, 6.45) is 8.76. The Bertz CT molecular complexity index is 1660. The average molecular weight is 481 g/mol. The lowest BCUT2D eigenvalue weighted by atomic mass is 10.1. The van der Waals surface area contributed by atoms with Gasteiger partial charge in [0, 0.05) is 29.4 Å². The summed E-state index contributed by atoms with van der Waals surface area (Å²) >= 11 is 0. The van der Waals surface area contributed by atoms with Gasteiger partial charge in [-0.25, -0.2) is 9.37 Å². The van der Waals surface area contributed by atoms with Crippen molar-refractivity contribution in [1.29, 1.82) is 0 Å². The van der Waals surface area contributed by atoms with Crippen molar-refractivity contribution in [1.82, 2.24) is 35.5 Å². The van der Waals surface area contributed by atoms with Crippen LogP contribution in [0.4, 0.5) is 4.39 Å². The highest BCUT2D eigenvalue weighted by molar-refractivity contribution is 5.96. The monoisotopic (exact) mass is 480 g/mol. The fourth-order valence-electron chi connectivity index (χ4n) is 4.15. The summed E-state index contributed by atoms with van der Waals surface area (Å²) in [6, 6.07) is 8.68. The molecule has 5 N–H and O–H groups in total. The highest BCUT2D eigenvalue weighted by Crippen LogP contribution is 2.31. The van der Waals surface area contributed by atoms with Crippen LogP contribution in [0.5, 0.6) is 0 Å². The normalized spacial score (nSPS) is 12.5. The highest BCUT2D eigenvalue weighted by Gasteiger charge is 2.17. The van der Waals surface area contributed by atoms with Crippen LogP contribution in [0, 0.1) is 5.82 Å². The quantitative estimate of drug-likeness (QED) is 0.247. The first-order chi connectivity index (χ1) is 17.5. The molecule has 180 valence electrons. The molecule has 0 bridgehead atoms. The number of nitrogens with two attached hydrogens (primary N) is 1. The molecule has 0 atom stereocenters. The Morgan fingerprint density at radius 1 is 1.17 bits per heavy atom. The van der Waals surface area contributed by atoms with Crippen molar-refractivity contribution in [2.45, 2.75) is 13.5 Å². The molecule has 0 radical (unpaired) electrons. The Hall–Kier alpha value is -4.63. The second-order valence-corrected chi connectivity index (χ2v) is 8.30. The van der Waals surface area contributed by atoms with E-state index < -0.39 is 0 Å². The summed E-state index contributed by atoms with van der Waals surface area (Å²) in [4.78, 5) is 17.2. The molecule has 9 heteroatoms. The van der Waals surface area contributed by atoms with Gasteiger partial charge in [-0.3, -0.25) is 15.1 Å². The SMILES string of the molecule is C=C/C(N)=C\C(=C/C)c1cc2c(-c3nc4c(-c5cc(F)cc(CNC)c5)nccc4[nH]3)n[nH]c2cn1. The molecule has 4 heterocycles. The molecule has 0 aliphatic carbocycles. The third-order valence-electron chi connectivity index (χ3n) is 5.85. The Morgan fingerprint density at radius 2 is 2.03 bits per heavy atom. The van der Waals surface area contributed by atoms with E-state index in [1.807, 2.05) is 44.3 Å². The maximum Gasteiger partial charge on any atom is 0.159 e. The number of halogens is 1. The van der Waals surface area contributed by atoms with Gasteiger partial charge in [0.2, 0.25) is 0 Å². The molecule has 0 spiro atoms. The zero-order chi connectivity index (χ0) is 25.2. The molecule has 0 amide bonds. The molecule has 0 saturated carbocycles. The van der Waals surface area contributed by atoms with Crippen molar-refractivity contribution >= 4 is 27.5 Å². The fraction of sp³-hybridized carbons (Fsp3) is 0.111. The van der Waals surface area contributed by atoms with E-state index >= 15 is 0 Å². The highest BCUT2D eigenvalue weighted by atomic mass is 19.1. The molecule has 5 rings (SSSR count). The van der Waals surface area contributed by atoms with Crippen LogP contribution < -0.4 is 11.1 Å². The zero-order valence-corrected chi connectivity index (χ0v) is 19.9. The number of benzene rings is 1. The summed E-state index contributed by atoms with van der Waals surface area (Å²) < 4.78 is 14.3. The Morgan fingerprint density at radius 3 is 2.81 bits per heavy atom. The number of H-pyrrole nitrogens is 2. The van der Waals surface area contributed by atoms with Gasteiger partial charge >= 0.3 is 0 Å². The zero-order valence-electron chi connectivity index (χ0n) is 19.9. The minimum Gasteiger partial charge on any atom is -0.399 e. The van der Waals surface area contributed by atoms with Gasteiger partial charge in [-0.2, -0.15) is 5.10 Å². The number of pyridine rings is 2. The molecule has 0 aliphatic heterocycles. The van der Waals surface area contributed by atoms with Gasteiger partial charge in [-0.1, -0.05) is 12.7 Å². The van der Waals surface area contributed by atoms with Crippen molar-refractivity contribution in [2.24, 2.45) is 5.73 Å². The molecule has 4 aromatic heterocycles.